The number of aromatic nitrogens is 3. The van der Waals surface area contributed by atoms with Crippen LogP contribution in [0.15, 0.2) is 35.7 Å². The fourth-order valence-electron chi connectivity index (χ4n) is 1.55. The van der Waals surface area contributed by atoms with Gasteiger partial charge in [-0.25, -0.2) is 13.4 Å². The first-order chi connectivity index (χ1) is 8.91. The van der Waals surface area contributed by atoms with Gasteiger partial charge in [-0.15, -0.1) is 0 Å². The van der Waals surface area contributed by atoms with Crippen molar-refractivity contribution >= 4 is 21.6 Å². The third-order valence-electron chi connectivity index (χ3n) is 2.67. The molecule has 0 bridgehead atoms. The minimum Gasteiger partial charge on any atom is -0.337 e. The first-order valence-corrected chi connectivity index (χ1v) is 7.26. The van der Waals surface area contributed by atoms with E-state index in [9.17, 15) is 8.42 Å². The topological polar surface area (TPSA) is 68.1 Å². The highest BCUT2D eigenvalue weighted by atomic mass is 35.5. The second-order valence-electron chi connectivity index (χ2n) is 4.05. The summed E-state index contributed by atoms with van der Waals surface area (Å²) in [4.78, 5) is 7.95. The van der Waals surface area contributed by atoms with Gasteiger partial charge in [0.25, 0.3) is 0 Å². The summed E-state index contributed by atoms with van der Waals surface area (Å²) >= 11 is 5.76. The largest absolute Gasteiger partial charge is 0.337 e. The van der Waals surface area contributed by atoms with Gasteiger partial charge in [0.05, 0.1) is 11.6 Å². The Morgan fingerprint density at radius 3 is 2.74 bits per heavy atom. The van der Waals surface area contributed by atoms with Crippen LogP contribution in [0.3, 0.4) is 0 Å². The van der Waals surface area contributed by atoms with E-state index in [0.717, 1.165) is 0 Å². The molecule has 0 atom stereocenters. The van der Waals surface area contributed by atoms with Crippen LogP contribution in [-0.4, -0.2) is 34.3 Å². The van der Waals surface area contributed by atoms with Crippen LogP contribution >= 0.6 is 11.6 Å². The molecule has 0 aliphatic rings. The van der Waals surface area contributed by atoms with Gasteiger partial charge in [-0.2, -0.15) is 4.31 Å². The molecule has 2 aromatic heterocycles. The molecule has 19 heavy (non-hydrogen) atoms. The Morgan fingerprint density at radius 2 is 2.16 bits per heavy atom. The van der Waals surface area contributed by atoms with E-state index in [2.05, 4.69) is 9.97 Å². The highest BCUT2D eigenvalue weighted by Crippen LogP contribution is 2.18. The summed E-state index contributed by atoms with van der Waals surface area (Å²) in [6.07, 6.45) is 6.04. The molecule has 2 rings (SSSR count). The molecule has 0 aromatic carbocycles. The lowest BCUT2D eigenvalue weighted by Crippen LogP contribution is -2.27. The Bertz CT molecular complexity index is 684. The quantitative estimate of drug-likeness (QED) is 0.853. The predicted molar refractivity (Wildman–Crippen MR) is 71.1 cm³/mol. The summed E-state index contributed by atoms with van der Waals surface area (Å²) in [5.41, 5.74) is 0. The summed E-state index contributed by atoms with van der Waals surface area (Å²) in [5, 5.41) is 0.284. The molecular formula is C11H13ClN4O2S. The number of aryl methyl sites for hydroxylation is 1. The van der Waals surface area contributed by atoms with Crippen molar-refractivity contribution in [3.05, 3.63) is 41.7 Å². The number of rotatable bonds is 4. The number of pyridine rings is 1. The maximum absolute atomic E-state index is 12.3. The Morgan fingerprint density at radius 1 is 1.42 bits per heavy atom. The molecule has 0 radical (unpaired) electrons. The predicted octanol–water partition coefficient (Wildman–Crippen LogP) is 1.29. The van der Waals surface area contributed by atoms with Crippen LogP contribution in [0.5, 0.6) is 0 Å². The fourth-order valence-corrected chi connectivity index (χ4v) is 2.90. The van der Waals surface area contributed by atoms with Gasteiger partial charge in [-0.05, 0) is 6.07 Å². The van der Waals surface area contributed by atoms with Crippen molar-refractivity contribution in [2.24, 2.45) is 7.05 Å². The van der Waals surface area contributed by atoms with Crippen molar-refractivity contribution in [1.82, 2.24) is 18.8 Å². The average molecular weight is 301 g/mol. The third-order valence-corrected chi connectivity index (χ3v) is 4.65. The lowest BCUT2D eigenvalue weighted by Gasteiger charge is -2.16. The van der Waals surface area contributed by atoms with Crippen LogP contribution in [0.2, 0.25) is 5.02 Å². The molecule has 0 spiro atoms. The summed E-state index contributed by atoms with van der Waals surface area (Å²) in [6, 6.07) is 1.37. The lowest BCUT2D eigenvalue weighted by molar-refractivity contribution is 0.451. The number of hydrogen-bond donors (Lipinski definition) is 0. The molecule has 0 N–H and O–H groups in total. The van der Waals surface area contributed by atoms with Crippen molar-refractivity contribution in [3.63, 3.8) is 0 Å². The Labute approximate surface area is 116 Å². The first kappa shape index (κ1) is 14.0. The fraction of sp³-hybridized carbons (Fsp3) is 0.273. The molecule has 0 aliphatic heterocycles. The van der Waals surface area contributed by atoms with E-state index in [4.69, 9.17) is 11.6 Å². The van der Waals surface area contributed by atoms with Gasteiger partial charge in [0.2, 0.25) is 10.0 Å². The summed E-state index contributed by atoms with van der Waals surface area (Å²) in [7, 11) is -0.321. The van der Waals surface area contributed by atoms with Crippen LogP contribution in [-0.2, 0) is 23.6 Å². The normalized spacial score (nSPS) is 12.0. The summed E-state index contributed by atoms with van der Waals surface area (Å²) in [5.74, 6) is 0.654. The van der Waals surface area contributed by atoms with E-state index in [1.807, 2.05) is 7.05 Å². The number of imidazole rings is 1. The molecule has 0 amide bonds. The van der Waals surface area contributed by atoms with E-state index in [1.165, 1.54) is 29.8 Å². The van der Waals surface area contributed by atoms with Crippen LogP contribution in [0, 0.1) is 0 Å². The molecule has 0 aliphatic carbocycles. The monoisotopic (exact) mass is 300 g/mol. The molecule has 102 valence electrons. The second-order valence-corrected chi connectivity index (χ2v) is 6.54. The molecular weight excluding hydrogens is 288 g/mol. The molecule has 0 saturated carbocycles. The van der Waals surface area contributed by atoms with Gasteiger partial charge in [-0.3, -0.25) is 4.98 Å². The highest BCUT2D eigenvalue weighted by molar-refractivity contribution is 7.89. The average Bonchev–Trinajstić information content (AvgIpc) is 2.75. The summed E-state index contributed by atoms with van der Waals surface area (Å²) in [6.45, 7) is 0.179. The van der Waals surface area contributed by atoms with Gasteiger partial charge in [0, 0.05) is 38.9 Å². The minimum atomic E-state index is -3.62. The Kier molecular flexibility index (Phi) is 3.88. The molecule has 2 aromatic rings. The number of hydrogen-bond acceptors (Lipinski definition) is 4. The zero-order valence-corrected chi connectivity index (χ0v) is 12.1. The van der Waals surface area contributed by atoms with Crippen molar-refractivity contribution in [1.29, 1.82) is 0 Å². The van der Waals surface area contributed by atoms with Crippen LogP contribution in [0.1, 0.15) is 5.82 Å². The molecule has 0 saturated heterocycles. The number of nitrogens with zero attached hydrogens (tertiary/aromatic N) is 4. The molecule has 6 nitrogen and oxygen atoms in total. The Balaban J connectivity index is 2.27. The molecule has 0 unspecified atom stereocenters. The van der Waals surface area contributed by atoms with E-state index >= 15 is 0 Å². The maximum atomic E-state index is 12.3. The lowest BCUT2D eigenvalue weighted by atomic mass is 10.5. The van der Waals surface area contributed by atoms with Crippen molar-refractivity contribution in [3.8, 4) is 0 Å². The maximum Gasteiger partial charge on any atom is 0.244 e. The molecule has 0 fully saturated rings. The molecule has 8 heteroatoms. The van der Waals surface area contributed by atoms with Crippen LogP contribution in [0.4, 0.5) is 0 Å². The van der Waals surface area contributed by atoms with Gasteiger partial charge < -0.3 is 4.57 Å². The van der Waals surface area contributed by atoms with Crippen LogP contribution in [0.25, 0.3) is 0 Å². The van der Waals surface area contributed by atoms with Gasteiger partial charge >= 0.3 is 0 Å². The van der Waals surface area contributed by atoms with E-state index in [0.29, 0.717) is 5.82 Å². The van der Waals surface area contributed by atoms with Gasteiger partial charge in [-0.1, -0.05) is 11.6 Å². The standard InChI is InChI=1S/C11H13ClN4O2S/c1-15-4-3-14-11(15)8-16(2)19(17,18)10-5-9(12)6-13-7-10/h3-7H,8H2,1-2H3. The number of halogens is 1. The van der Waals surface area contributed by atoms with Gasteiger partial charge in [0.15, 0.2) is 0 Å². The SMILES string of the molecule is CN(Cc1nccn1C)S(=O)(=O)c1cncc(Cl)c1. The Hall–Kier alpha value is -1.44. The third kappa shape index (κ3) is 2.94. The van der Waals surface area contributed by atoms with Gasteiger partial charge in [0.1, 0.15) is 10.7 Å². The first-order valence-electron chi connectivity index (χ1n) is 5.44. The smallest absolute Gasteiger partial charge is 0.244 e. The van der Waals surface area contributed by atoms with E-state index < -0.39 is 10.0 Å². The minimum absolute atomic E-state index is 0.0664. The zero-order chi connectivity index (χ0) is 14.0. The summed E-state index contributed by atoms with van der Waals surface area (Å²) < 4.78 is 27.6. The number of sulfonamides is 1. The van der Waals surface area contributed by atoms with Crippen LogP contribution < -0.4 is 0 Å². The van der Waals surface area contributed by atoms with Crippen molar-refractivity contribution in [2.75, 3.05) is 7.05 Å². The second kappa shape index (κ2) is 5.28. The highest BCUT2D eigenvalue weighted by Gasteiger charge is 2.22. The van der Waals surface area contributed by atoms with Crippen molar-refractivity contribution < 1.29 is 8.42 Å². The van der Waals surface area contributed by atoms with Crippen molar-refractivity contribution in [2.45, 2.75) is 11.4 Å². The van der Waals surface area contributed by atoms with E-state index in [1.54, 1.807) is 17.0 Å². The molecule has 2 heterocycles. The van der Waals surface area contributed by atoms with E-state index in [-0.39, 0.29) is 16.5 Å². The zero-order valence-electron chi connectivity index (χ0n) is 10.5.